The topological polar surface area (TPSA) is 94.2 Å². The van der Waals surface area contributed by atoms with Crippen LogP contribution in [-0.2, 0) is 9.53 Å². The molecule has 0 aliphatic carbocycles. The van der Waals surface area contributed by atoms with Crippen molar-refractivity contribution in [1.29, 1.82) is 0 Å². The van der Waals surface area contributed by atoms with Gasteiger partial charge in [0.2, 0.25) is 0 Å². The van der Waals surface area contributed by atoms with Crippen LogP contribution in [0.3, 0.4) is 0 Å². The number of anilines is 2. The van der Waals surface area contributed by atoms with Crippen LogP contribution >= 0.6 is 0 Å². The number of likely N-dealkylation sites (N-methyl/N-ethyl adjacent to an activating group) is 1. The normalized spacial score (nSPS) is 21.5. The van der Waals surface area contributed by atoms with Gasteiger partial charge in [-0.05, 0) is 71.0 Å². The zero-order valence-corrected chi connectivity index (χ0v) is 18.6. The molecule has 31 heavy (non-hydrogen) atoms. The number of amides is 4. The maximum atomic E-state index is 12.9. The lowest BCUT2D eigenvalue weighted by Crippen LogP contribution is -2.57. The predicted octanol–water partition coefficient (Wildman–Crippen LogP) is 2.24. The Morgan fingerprint density at radius 2 is 1.74 bits per heavy atom. The number of rotatable bonds is 3. The Bertz CT molecular complexity index is 867. The van der Waals surface area contributed by atoms with E-state index >= 15 is 0 Å². The van der Waals surface area contributed by atoms with E-state index in [-0.39, 0.29) is 24.1 Å². The van der Waals surface area contributed by atoms with Gasteiger partial charge in [-0.1, -0.05) is 0 Å². The minimum atomic E-state index is -0.798. The van der Waals surface area contributed by atoms with Gasteiger partial charge >= 0.3 is 12.1 Å². The van der Waals surface area contributed by atoms with Gasteiger partial charge in [-0.3, -0.25) is 14.6 Å². The van der Waals surface area contributed by atoms with Gasteiger partial charge in [-0.2, -0.15) is 0 Å². The van der Waals surface area contributed by atoms with Crippen LogP contribution in [0.15, 0.2) is 24.3 Å². The van der Waals surface area contributed by atoms with E-state index < -0.39 is 11.1 Å². The van der Waals surface area contributed by atoms with Gasteiger partial charge in [-0.15, -0.1) is 0 Å². The van der Waals surface area contributed by atoms with Crippen LogP contribution in [0.2, 0.25) is 0 Å². The minimum Gasteiger partial charge on any atom is -0.444 e. The highest BCUT2D eigenvalue weighted by Crippen LogP contribution is 2.39. The maximum absolute atomic E-state index is 12.9. The molecular formula is C22H31N5O4. The second-order valence-corrected chi connectivity index (χ2v) is 9.54. The first-order valence-electron chi connectivity index (χ1n) is 10.8. The smallest absolute Gasteiger partial charge is 0.410 e. The summed E-state index contributed by atoms with van der Waals surface area (Å²) in [4.78, 5) is 42.4. The molecule has 1 spiro atoms. The molecule has 1 aromatic rings. The van der Waals surface area contributed by atoms with E-state index in [1.807, 2.05) is 45.0 Å². The minimum absolute atomic E-state index is 0.127. The Hall–Kier alpha value is -2.81. The number of nitrogens with zero attached hydrogens (tertiary/aromatic N) is 3. The Labute approximate surface area is 182 Å². The summed E-state index contributed by atoms with van der Waals surface area (Å²) in [5.41, 5.74) is 0.329. The number of hydrogen-bond donors (Lipinski definition) is 2. The number of nitrogens with one attached hydrogen (secondary N) is 2. The third-order valence-electron chi connectivity index (χ3n) is 6.07. The summed E-state index contributed by atoms with van der Waals surface area (Å²) < 4.78 is 5.38. The predicted molar refractivity (Wildman–Crippen MR) is 117 cm³/mol. The maximum Gasteiger partial charge on any atom is 0.410 e. The second-order valence-electron chi connectivity index (χ2n) is 9.54. The van der Waals surface area contributed by atoms with Crippen molar-refractivity contribution >= 4 is 29.4 Å². The van der Waals surface area contributed by atoms with Crippen molar-refractivity contribution in [3.8, 4) is 0 Å². The summed E-state index contributed by atoms with van der Waals surface area (Å²) in [6, 6.07) is 7.45. The molecule has 4 rings (SSSR count). The standard InChI is InChI=1S/C22H31N5O4/c1-21(2,3)31-20(30)26-13-16(14-26)24-15-5-7-17(8-6-15)27-19(29)25(4)18(28)22(27)9-11-23-12-10-22/h5-8,16,23-24H,9-14H2,1-4H3. The molecule has 0 aromatic heterocycles. The molecule has 3 aliphatic heterocycles. The molecule has 1 aromatic carbocycles. The fourth-order valence-electron chi connectivity index (χ4n) is 4.45. The lowest BCUT2D eigenvalue weighted by Gasteiger charge is -2.40. The van der Waals surface area contributed by atoms with Crippen molar-refractivity contribution < 1.29 is 19.1 Å². The first-order chi connectivity index (χ1) is 14.6. The first-order valence-corrected chi connectivity index (χ1v) is 10.8. The molecule has 4 amide bonds. The zero-order valence-electron chi connectivity index (χ0n) is 18.6. The van der Waals surface area contributed by atoms with Gasteiger partial charge in [0, 0.05) is 31.5 Å². The summed E-state index contributed by atoms with van der Waals surface area (Å²) >= 11 is 0. The van der Waals surface area contributed by atoms with Crippen molar-refractivity contribution in [1.82, 2.24) is 15.1 Å². The summed E-state index contributed by atoms with van der Waals surface area (Å²) in [7, 11) is 1.55. The van der Waals surface area contributed by atoms with Gasteiger partial charge in [0.05, 0.1) is 6.04 Å². The molecule has 3 saturated heterocycles. The molecule has 0 bridgehead atoms. The van der Waals surface area contributed by atoms with E-state index in [4.69, 9.17) is 4.74 Å². The number of benzene rings is 1. The van der Waals surface area contributed by atoms with Crippen LogP contribution in [0, 0.1) is 0 Å². The number of urea groups is 1. The Kier molecular flexibility index (Phi) is 5.33. The molecule has 0 radical (unpaired) electrons. The zero-order chi connectivity index (χ0) is 22.4. The van der Waals surface area contributed by atoms with E-state index in [0.717, 1.165) is 11.4 Å². The summed E-state index contributed by atoms with van der Waals surface area (Å²) in [6.07, 6.45) is 0.907. The Morgan fingerprint density at radius 1 is 1.13 bits per heavy atom. The summed E-state index contributed by atoms with van der Waals surface area (Å²) in [5, 5.41) is 6.67. The number of carbonyl (C=O) groups is 3. The van der Waals surface area contributed by atoms with Crippen LogP contribution in [0.25, 0.3) is 0 Å². The van der Waals surface area contributed by atoms with E-state index in [2.05, 4.69) is 10.6 Å². The van der Waals surface area contributed by atoms with Crippen molar-refractivity contribution in [3.63, 3.8) is 0 Å². The van der Waals surface area contributed by atoms with Crippen LogP contribution in [0.5, 0.6) is 0 Å². The van der Waals surface area contributed by atoms with Gasteiger partial charge < -0.3 is 20.3 Å². The molecule has 3 heterocycles. The molecule has 3 aliphatic rings. The average molecular weight is 430 g/mol. The molecule has 0 atom stereocenters. The van der Waals surface area contributed by atoms with Gasteiger partial charge in [0.15, 0.2) is 0 Å². The number of piperidine rings is 1. The Morgan fingerprint density at radius 3 is 2.32 bits per heavy atom. The van der Waals surface area contributed by atoms with Gasteiger partial charge in [-0.25, -0.2) is 9.59 Å². The highest BCUT2D eigenvalue weighted by molar-refractivity contribution is 6.16. The Balaban J connectivity index is 1.40. The summed E-state index contributed by atoms with van der Waals surface area (Å²) in [6.45, 7) is 8.14. The third kappa shape index (κ3) is 3.94. The lowest BCUT2D eigenvalue weighted by atomic mass is 9.86. The number of ether oxygens (including phenoxy) is 1. The molecule has 9 heteroatoms. The summed E-state index contributed by atoms with van der Waals surface area (Å²) in [5.74, 6) is -0.127. The van der Waals surface area contributed by atoms with Crippen LogP contribution in [0.4, 0.5) is 21.0 Å². The molecule has 9 nitrogen and oxygen atoms in total. The molecule has 3 fully saturated rings. The number of carbonyl (C=O) groups excluding carboxylic acids is 3. The average Bonchev–Trinajstić information content (AvgIpc) is 2.85. The number of imide groups is 1. The van der Waals surface area contributed by atoms with Crippen LogP contribution in [-0.4, -0.2) is 78.2 Å². The van der Waals surface area contributed by atoms with Crippen molar-refractivity contribution in [3.05, 3.63) is 24.3 Å². The molecule has 2 N–H and O–H groups in total. The second kappa shape index (κ2) is 7.71. The third-order valence-corrected chi connectivity index (χ3v) is 6.07. The van der Waals surface area contributed by atoms with Crippen LogP contribution < -0.4 is 15.5 Å². The largest absolute Gasteiger partial charge is 0.444 e. The van der Waals surface area contributed by atoms with Crippen molar-refractivity contribution in [2.24, 2.45) is 0 Å². The van der Waals surface area contributed by atoms with Gasteiger partial charge in [0.25, 0.3) is 5.91 Å². The van der Waals surface area contributed by atoms with E-state index in [9.17, 15) is 14.4 Å². The quantitative estimate of drug-likeness (QED) is 0.716. The fraction of sp³-hybridized carbons (Fsp3) is 0.591. The van der Waals surface area contributed by atoms with Crippen LogP contribution in [0.1, 0.15) is 33.6 Å². The number of likely N-dealkylation sites (tertiary alicyclic amines) is 1. The van der Waals surface area contributed by atoms with Crippen molar-refractivity contribution in [2.75, 3.05) is 43.4 Å². The molecule has 168 valence electrons. The molecule has 0 saturated carbocycles. The highest BCUT2D eigenvalue weighted by Gasteiger charge is 2.56. The van der Waals surface area contributed by atoms with E-state index in [1.165, 1.54) is 4.90 Å². The highest BCUT2D eigenvalue weighted by atomic mass is 16.6. The van der Waals surface area contributed by atoms with E-state index in [1.54, 1.807) is 16.8 Å². The molecule has 0 unspecified atom stereocenters. The van der Waals surface area contributed by atoms with E-state index in [0.29, 0.717) is 39.0 Å². The van der Waals surface area contributed by atoms with Gasteiger partial charge in [0.1, 0.15) is 11.1 Å². The first kappa shape index (κ1) is 21.4. The number of hydrogen-bond acceptors (Lipinski definition) is 6. The van der Waals surface area contributed by atoms with Crippen molar-refractivity contribution in [2.45, 2.75) is 50.8 Å². The monoisotopic (exact) mass is 429 g/mol. The SMILES string of the molecule is CN1C(=O)N(c2ccc(NC3CN(C(=O)OC(C)(C)C)C3)cc2)C2(CCNCC2)C1=O. The lowest BCUT2D eigenvalue weighted by molar-refractivity contribution is -0.130. The fourth-order valence-corrected chi connectivity index (χ4v) is 4.45. The molecular weight excluding hydrogens is 398 g/mol.